The van der Waals surface area contributed by atoms with Gasteiger partial charge in [0.15, 0.2) is 0 Å². The van der Waals surface area contributed by atoms with Crippen molar-refractivity contribution in [2.45, 2.75) is 0 Å². The van der Waals surface area contributed by atoms with Gasteiger partial charge in [-0.1, -0.05) is 42.5 Å². The molecule has 0 atom stereocenters. The Balaban J connectivity index is 1.98. The summed E-state index contributed by atoms with van der Waals surface area (Å²) < 4.78 is 5.29. The lowest BCUT2D eigenvalue weighted by Crippen LogP contribution is -2.25. The van der Waals surface area contributed by atoms with Gasteiger partial charge in [-0.25, -0.2) is 0 Å². The molecule has 26 heavy (non-hydrogen) atoms. The van der Waals surface area contributed by atoms with Crippen LogP contribution in [0.25, 0.3) is 11.4 Å². The van der Waals surface area contributed by atoms with Crippen LogP contribution in [0.5, 0.6) is 5.75 Å². The maximum atomic E-state index is 13.0. The van der Waals surface area contributed by atoms with E-state index in [1.54, 1.807) is 31.0 Å². The molecule has 5 heteroatoms. The second-order valence-electron chi connectivity index (χ2n) is 6.27. The predicted octanol–water partition coefficient (Wildman–Crippen LogP) is 2.76. The first kappa shape index (κ1) is 16.1. The molecule has 0 saturated carbocycles. The SMILES string of the molecule is COc1cccc(C2=C3C(=O)N(C)C(c4ccccc4)=C3C(=O)N2C)c1. The van der Waals surface area contributed by atoms with Gasteiger partial charge in [0, 0.05) is 19.7 Å². The fourth-order valence-corrected chi connectivity index (χ4v) is 3.57. The Morgan fingerprint density at radius 2 is 1.27 bits per heavy atom. The number of carbonyl (C=O) groups is 2. The van der Waals surface area contributed by atoms with Gasteiger partial charge in [-0.3, -0.25) is 9.59 Å². The first-order chi connectivity index (χ1) is 12.5. The van der Waals surface area contributed by atoms with Crippen LogP contribution in [0.15, 0.2) is 65.7 Å². The summed E-state index contributed by atoms with van der Waals surface area (Å²) in [5.74, 6) is 0.333. The van der Waals surface area contributed by atoms with Gasteiger partial charge >= 0.3 is 0 Å². The van der Waals surface area contributed by atoms with Crippen LogP contribution in [-0.4, -0.2) is 42.8 Å². The third-order valence-electron chi connectivity index (χ3n) is 4.82. The molecule has 0 radical (unpaired) electrons. The van der Waals surface area contributed by atoms with Crippen LogP contribution in [0.4, 0.5) is 0 Å². The highest BCUT2D eigenvalue weighted by atomic mass is 16.5. The van der Waals surface area contributed by atoms with Crippen LogP contribution >= 0.6 is 0 Å². The molecule has 0 saturated heterocycles. The number of benzene rings is 2. The van der Waals surface area contributed by atoms with E-state index in [1.165, 1.54) is 0 Å². The summed E-state index contributed by atoms with van der Waals surface area (Å²) in [5, 5.41) is 0. The van der Waals surface area contributed by atoms with Gasteiger partial charge in [0.1, 0.15) is 5.75 Å². The lowest BCUT2D eigenvalue weighted by molar-refractivity contribution is -0.123. The third-order valence-corrected chi connectivity index (χ3v) is 4.82. The molecule has 5 nitrogen and oxygen atoms in total. The number of ether oxygens (including phenoxy) is 1. The predicted molar refractivity (Wildman–Crippen MR) is 98.8 cm³/mol. The number of likely N-dealkylation sites (N-methyl/N-ethyl adjacent to an activating group) is 2. The third kappa shape index (κ3) is 2.17. The second kappa shape index (κ2) is 5.88. The van der Waals surface area contributed by atoms with Crippen LogP contribution in [0, 0.1) is 0 Å². The van der Waals surface area contributed by atoms with Crippen LogP contribution in [0.3, 0.4) is 0 Å². The molecule has 0 unspecified atom stereocenters. The smallest absolute Gasteiger partial charge is 0.261 e. The Morgan fingerprint density at radius 1 is 0.731 bits per heavy atom. The minimum Gasteiger partial charge on any atom is -0.497 e. The van der Waals surface area contributed by atoms with Crippen molar-refractivity contribution >= 4 is 23.2 Å². The van der Waals surface area contributed by atoms with Crippen molar-refractivity contribution in [2.75, 3.05) is 21.2 Å². The minimum atomic E-state index is -0.172. The van der Waals surface area contributed by atoms with E-state index < -0.39 is 0 Å². The normalized spacial score (nSPS) is 16.7. The van der Waals surface area contributed by atoms with Crippen molar-refractivity contribution in [1.29, 1.82) is 0 Å². The van der Waals surface area contributed by atoms with E-state index in [4.69, 9.17) is 4.74 Å². The highest BCUT2D eigenvalue weighted by Crippen LogP contribution is 2.45. The topological polar surface area (TPSA) is 49.9 Å². The lowest BCUT2D eigenvalue weighted by atomic mass is 10.0. The standard InChI is InChI=1S/C21H18N2O3/c1-22-18(13-8-5-4-6-9-13)16-17(21(22)25)19(23(2)20(16)24)14-10-7-11-15(12-14)26-3/h4-12H,1-3H3. The van der Waals surface area contributed by atoms with Crippen LogP contribution in [0.2, 0.25) is 0 Å². The van der Waals surface area contributed by atoms with Gasteiger partial charge in [-0.2, -0.15) is 0 Å². The van der Waals surface area contributed by atoms with Crippen molar-refractivity contribution in [3.63, 3.8) is 0 Å². The minimum absolute atomic E-state index is 0.172. The van der Waals surface area contributed by atoms with Crippen molar-refractivity contribution < 1.29 is 14.3 Å². The van der Waals surface area contributed by atoms with Crippen LogP contribution < -0.4 is 4.74 Å². The molecular formula is C21H18N2O3. The van der Waals surface area contributed by atoms with Crippen molar-refractivity contribution in [3.8, 4) is 5.75 Å². The van der Waals surface area contributed by atoms with Gasteiger partial charge in [-0.15, -0.1) is 0 Å². The fraction of sp³-hybridized carbons (Fsp3) is 0.143. The molecule has 0 fully saturated rings. The van der Waals surface area contributed by atoms with Crippen molar-refractivity contribution in [1.82, 2.24) is 9.80 Å². The highest BCUT2D eigenvalue weighted by molar-refractivity contribution is 6.30. The molecule has 2 amide bonds. The number of amides is 2. The van der Waals surface area contributed by atoms with Gasteiger partial charge < -0.3 is 14.5 Å². The summed E-state index contributed by atoms with van der Waals surface area (Å²) in [6, 6.07) is 16.9. The number of methoxy groups -OCH3 is 1. The monoisotopic (exact) mass is 346 g/mol. The summed E-state index contributed by atoms with van der Waals surface area (Å²) in [7, 11) is 5.00. The van der Waals surface area contributed by atoms with E-state index in [-0.39, 0.29) is 11.8 Å². The molecule has 0 bridgehead atoms. The van der Waals surface area contributed by atoms with Gasteiger partial charge in [0.05, 0.1) is 29.7 Å². The van der Waals surface area contributed by atoms with Crippen LogP contribution in [-0.2, 0) is 9.59 Å². The number of hydrogen-bond acceptors (Lipinski definition) is 3. The molecule has 2 aliphatic heterocycles. The number of nitrogens with zero attached hydrogens (tertiary/aromatic N) is 2. The van der Waals surface area contributed by atoms with Crippen molar-refractivity contribution in [3.05, 3.63) is 76.9 Å². The number of rotatable bonds is 3. The average Bonchev–Trinajstić information content (AvgIpc) is 3.08. The molecule has 0 spiro atoms. The fourth-order valence-electron chi connectivity index (χ4n) is 3.57. The molecule has 130 valence electrons. The maximum absolute atomic E-state index is 13.0. The summed E-state index contributed by atoms with van der Waals surface area (Å²) in [4.78, 5) is 29.1. The zero-order valence-electron chi connectivity index (χ0n) is 14.8. The molecule has 0 aromatic heterocycles. The Kier molecular flexibility index (Phi) is 3.65. The van der Waals surface area contributed by atoms with E-state index in [0.29, 0.717) is 28.3 Å². The molecule has 0 N–H and O–H groups in total. The van der Waals surface area contributed by atoms with E-state index in [9.17, 15) is 9.59 Å². The summed E-state index contributed by atoms with van der Waals surface area (Å²) in [5.41, 5.74) is 3.81. The maximum Gasteiger partial charge on any atom is 0.261 e. The summed E-state index contributed by atoms with van der Waals surface area (Å²) in [6.07, 6.45) is 0. The molecule has 4 rings (SSSR count). The van der Waals surface area contributed by atoms with E-state index in [0.717, 1.165) is 11.1 Å². The van der Waals surface area contributed by atoms with Crippen molar-refractivity contribution in [2.24, 2.45) is 0 Å². The quantitative estimate of drug-likeness (QED) is 0.859. The first-order valence-corrected chi connectivity index (χ1v) is 8.29. The zero-order valence-corrected chi connectivity index (χ0v) is 14.8. The molecule has 2 aromatic rings. The van der Waals surface area contributed by atoms with Crippen LogP contribution in [0.1, 0.15) is 11.1 Å². The second-order valence-corrected chi connectivity index (χ2v) is 6.27. The Bertz CT molecular complexity index is 989. The number of hydrogen-bond donors (Lipinski definition) is 0. The molecule has 2 aromatic carbocycles. The molecule has 2 heterocycles. The van der Waals surface area contributed by atoms with E-state index >= 15 is 0 Å². The number of carbonyl (C=O) groups excluding carboxylic acids is 2. The highest BCUT2D eigenvalue weighted by Gasteiger charge is 2.46. The first-order valence-electron chi connectivity index (χ1n) is 8.29. The Morgan fingerprint density at radius 3 is 1.85 bits per heavy atom. The summed E-state index contributed by atoms with van der Waals surface area (Å²) >= 11 is 0. The Labute approximate surface area is 151 Å². The van der Waals surface area contributed by atoms with Gasteiger partial charge in [0.2, 0.25) is 0 Å². The molecule has 0 aliphatic carbocycles. The van der Waals surface area contributed by atoms with Gasteiger partial charge in [0.25, 0.3) is 11.8 Å². The average molecular weight is 346 g/mol. The van der Waals surface area contributed by atoms with E-state index in [1.807, 2.05) is 54.6 Å². The lowest BCUT2D eigenvalue weighted by Gasteiger charge is -2.20. The number of fused-ring (bicyclic) bond motifs is 1. The summed E-state index contributed by atoms with van der Waals surface area (Å²) in [6.45, 7) is 0. The molecule has 2 aliphatic rings. The largest absolute Gasteiger partial charge is 0.497 e. The van der Waals surface area contributed by atoms with Gasteiger partial charge in [-0.05, 0) is 17.7 Å². The molecular weight excluding hydrogens is 328 g/mol. The zero-order chi connectivity index (χ0) is 18.4. The Hall–Kier alpha value is -3.34. The van der Waals surface area contributed by atoms with E-state index in [2.05, 4.69) is 0 Å².